The number of hydrogen-bond acceptors (Lipinski definition) is 3. The molecule has 1 amide bonds. The maximum atomic E-state index is 12.6. The van der Waals surface area contributed by atoms with Crippen molar-refractivity contribution >= 4 is 22.1 Å². The molecule has 0 bridgehead atoms. The van der Waals surface area contributed by atoms with E-state index in [9.17, 15) is 4.79 Å². The second kappa shape index (κ2) is 6.51. The molecule has 1 aliphatic carbocycles. The standard InChI is InChI=1S/C19H27N3OS/c1-19(17-18-22(14-20-17)11-12-24-18)7-9-21(10-8-19)16(23)13-15-5-3-2-4-6-15/h11-12,14-15H,2-10,13H2,1H3. The average Bonchev–Trinajstić information content (AvgIpc) is 3.19. The predicted octanol–water partition coefficient (Wildman–Crippen LogP) is 4.25. The SMILES string of the molecule is CC1(c2ncn3ccsc23)CCN(C(=O)CC2CCCCC2)CC1. The van der Waals surface area contributed by atoms with Crippen LogP contribution in [0.2, 0.25) is 0 Å². The Kier molecular flexibility index (Phi) is 4.37. The van der Waals surface area contributed by atoms with Crippen molar-refractivity contribution in [1.82, 2.24) is 14.3 Å². The third-order valence-corrected chi connectivity index (χ3v) is 7.01. The highest BCUT2D eigenvalue weighted by atomic mass is 32.1. The van der Waals surface area contributed by atoms with Gasteiger partial charge in [0.25, 0.3) is 0 Å². The molecular weight excluding hydrogens is 318 g/mol. The molecule has 0 atom stereocenters. The summed E-state index contributed by atoms with van der Waals surface area (Å²) in [5, 5.41) is 2.12. The van der Waals surface area contributed by atoms with Crippen LogP contribution in [0.15, 0.2) is 17.9 Å². The lowest BCUT2D eigenvalue weighted by atomic mass is 9.77. The monoisotopic (exact) mass is 345 g/mol. The van der Waals surface area contributed by atoms with Crippen molar-refractivity contribution < 1.29 is 4.79 Å². The van der Waals surface area contributed by atoms with Crippen LogP contribution in [0.3, 0.4) is 0 Å². The van der Waals surface area contributed by atoms with Crippen LogP contribution in [0.4, 0.5) is 0 Å². The average molecular weight is 346 g/mol. The van der Waals surface area contributed by atoms with E-state index in [-0.39, 0.29) is 5.41 Å². The normalized spacial score (nSPS) is 22.1. The molecule has 1 saturated carbocycles. The highest BCUT2D eigenvalue weighted by Gasteiger charge is 2.36. The van der Waals surface area contributed by atoms with E-state index in [1.54, 1.807) is 11.3 Å². The number of nitrogens with zero attached hydrogens (tertiary/aromatic N) is 3. The third kappa shape index (κ3) is 2.99. The number of likely N-dealkylation sites (tertiary alicyclic amines) is 1. The van der Waals surface area contributed by atoms with Gasteiger partial charge >= 0.3 is 0 Å². The fourth-order valence-electron chi connectivity index (χ4n) is 4.40. The number of rotatable bonds is 3. The summed E-state index contributed by atoms with van der Waals surface area (Å²) >= 11 is 1.76. The lowest BCUT2D eigenvalue weighted by Gasteiger charge is -2.39. The topological polar surface area (TPSA) is 37.6 Å². The van der Waals surface area contributed by atoms with Crippen molar-refractivity contribution in [2.45, 2.75) is 63.7 Å². The number of carbonyl (C=O) groups excluding carboxylic acids is 1. The zero-order chi connectivity index (χ0) is 16.6. The molecule has 0 radical (unpaired) electrons. The summed E-state index contributed by atoms with van der Waals surface area (Å²) in [6.07, 6.45) is 13.3. The van der Waals surface area contributed by atoms with Crippen LogP contribution in [0, 0.1) is 5.92 Å². The smallest absolute Gasteiger partial charge is 0.222 e. The highest BCUT2D eigenvalue weighted by Crippen LogP contribution is 2.38. The first-order valence-electron chi connectivity index (χ1n) is 9.34. The fourth-order valence-corrected chi connectivity index (χ4v) is 5.36. The molecule has 1 saturated heterocycles. The molecule has 0 aromatic carbocycles. The van der Waals surface area contributed by atoms with Crippen LogP contribution in [0.5, 0.6) is 0 Å². The third-order valence-electron chi connectivity index (χ3n) is 6.13. The van der Waals surface area contributed by atoms with E-state index in [0.29, 0.717) is 11.8 Å². The molecule has 130 valence electrons. The maximum absolute atomic E-state index is 12.6. The second-order valence-corrected chi connectivity index (χ2v) is 8.75. The highest BCUT2D eigenvalue weighted by molar-refractivity contribution is 7.15. The molecule has 2 aromatic heterocycles. The molecule has 2 fully saturated rings. The Balaban J connectivity index is 1.39. The van der Waals surface area contributed by atoms with Gasteiger partial charge in [0.1, 0.15) is 11.2 Å². The molecule has 5 heteroatoms. The minimum atomic E-state index is 0.0984. The molecule has 24 heavy (non-hydrogen) atoms. The zero-order valence-corrected chi connectivity index (χ0v) is 15.4. The quantitative estimate of drug-likeness (QED) is 0.834. The minimum absolute atomic E-state index is 0.0984. The van der Waals surface area contributed by atoms with Gasteiger partial charge in [-0.1, -0.05) is 26.2 Å². The van der Waals surface area contributed by atoms with Crippen molar-refractivity contribution in [2.24, 2.45) is 5.92 Å². The molecule has 0 unspecified atom stereocenters. The van der Waals surface area contributed by atoms with Gasteiger partial charge in [-0.05, 0) is 31.6 Å². The van der Waals surface area contributed by atoms with Gasteiger partial charge in [-0.15, -0.1) is 11.3 Å². The van der Waals surface area contributed by atoms with Gasteiger partial charge in [0.15, 0.2) is 0 Å². The van der Waals surface area contributed by atoms with Gasteiger partial charge in [-0.2, -0.15) is 0 Å². The Hall–Kier alpha value is -1.36. The van der Waals surface area contributed by atoms with E-state index < -0.39 is 0 Å². The summed E-state index contributed by atoms with van der Waals surface area (Å²) in [5.74, 6) is 1.02. The Bertz CT molecular complexity index is 705. The Morgan fingerprint density at radius 2 is 2.04 bits per heavy atom. The van der Waals surface area contributed by atoms with E-state index in [1.165, 1.54) is 42.6 Å². The number of aromatic nitrogens is 2. The first-order valence-corrected chi connectivity index (χ1v) is 10.2. The van der Waals surface area contributed by atoms with Crippen LogP contribution in [-0.4, -0.2) is 33.3 Å². The van der Waals surface area contributed by atoms with Gasteiger partial charge in [0.2, 0.25) is 5.91 Å². The molecular formula is C19H27N3OS. The minimum Gasteiger partial charge on any atom is -0.343 e. The largest absolute Gasteiger partial charge is 0.343 e. The summed E-state index contributed by atoms with van der Waals surface area (Å²) in [6, 6.07) is 0. The fraction of sp³-hybridized carbons (Fsp3) is 0.684. The lowest BCUT2D eigenvalue weighted by Crippen LogP contribution is -2.44. The van der Waals surface area contributed by atoms with Crippen molar-refractivity contribution in [1.29, 1.82) is 0 Å². The number of carbonyl (C=O) groups is 1. The summed E-state index contributed by atoms with van der Waals surface area (Å²) in [7, 11) is 0. The number of fused-ring (bicyclic) bond motifs is 1. The zero-order valence-electron chi connectivity index (χ0n) is 14.5. The number of piperidine rings is 1. The summed E-state index contributed by atoms with van der Waals surface area (Å²) in [5.41, 5.74) is 1.32. The first kappa shape index (κ1) is 16.1. The van der Waals surface area contributed by atoms with Crippen LogP contribution in [0.25, 0.3) is 4.83 Å². The number of imidazole rings is 1. The van der Waals surface area contributed by atoms with E-state index >= 15 is 0 Å². The first-order chi connectivity index (χ1) is 11.7. The summed E-state index contributed by atoms with van der Waals surface area (Å²) < 4.78 is 2.12. The number of thiazole rings is 1. The Labute approximate surface area is 147 Å². The summed E-state index contributed by atoms with van der Waals surface area (Å²) in [6.45, 7) is 4.08. The van der Waals surface area contributed by atoms with E-state index in [1.807, 2.05) is 6.33 Å². The van der Waals surface area contributed by atoms with E-state index in [2.05, 4.69) is 32.8 Å². The maximum Gasteiger partial charge on any atom is 0.222 e. The molecule has 1 aliphatic heterocycles. The van der Waals surface area contributed by atoms with Crippen molar-refractivity contribution in [2.75, 3.05) is 13.1 Å². The van der Waals surface area contributed by atoms with Crippen molar-refractivity contribution in [3.8, 4) is 0 Å². The number of hydrogen-bond donors (Lipinski definition) is 0. The van der Waals surface area contributed by atoms with Crippen molar-refractivity contribution in [3.63, 3.8) is 0 Å². The molecule has 2 aliphatic rings. The molecule has 2 aromatic rings. The molecule has 4 rings (SSSR count). The van der Waals surface area contributed by atoms with E-state index in [4.69, 9.17) is 0 Å². The molecule has 4 nitrogen and oxygen atoms in total. The van der Waals surface area contributed by atoms with Gasteiger partial charge in [0, 0.05) is 36.5 Å². The molecule has 0 N–H and O–H groups in total. The van der Waals surface area contributed by atoms with Gasteiger partial charge in [-0.25, -0.2) is 4.98 Å². The molecule has 0 spiro atoms. The predicted molar refractivity (Wildman–Crippen MR) is 97.4 cm³/mol. The Morgan fingerprint density at radius 1 is 1.29 bits per heavy atom. The lowest BCUT2D eigenvalue weighted by molar-refractivity contribution is -0.134. The van der Waals surface area contributed by atoms with Crippen LogP contribution in [0.1, 0.15) is 64.0 Å². The van der Waals surface area contributed by atoms with E-state index in [0.717, 1.165) is 32.4 Å². The summed E-state index contributed by atoms with van der Waals surface area (Å²) in [4.78, 5) is 20.7. The number of amides is 1. The van der Waals surface area contributed by atoms with Crippen LogP contribution in [-0.2, 0) is 10.2 Å². The van der Waals surface area contributed by atoms with Crippen LogP contribution < -0.4 is 0 Å². The van der Waals surface area contributed by atoms with Gasteiger partial charge < -0.3 is 4.90 Å². The van der Waals surface area contributed by atoms with Crippen LogP contribution >= 0.6 is 11.3 Å². The van der Waals surface area contributed by atoms with Gasteiger partial charge in [0.05, 0.1) is 5.69 Å². The van der Waals surface area contributed by atoms with Crippen molar-refractivity contribution in [3.05, 3.63) is 23.6 Å². The van der Waals surface area contributed by atoms with Gasteiger partial charge in [-0.3, -0.25) is 9.20 Å². The Morgan fingerprint density at radius 3 is 2.79 bits per heavy atom. The second-order valence-electron chi connectivity index (χ2n) is 7.86. The molecule has 3 heterocycles.